The molecule has 2 rings (SSSR count). The summed E-state index contributed by atoms with van der Waals surface area (Å²) < 4.78 is 9.44. The van der Waals surface area contributed by atoms with E-state index in [-0.39, 0.29) is 47.3 Å². The first-order valence-electron chi connectivity index (χ1n) is 8.14. The van der Waals surface area contributed by atoms with Gasteiger partial charge in [0, 0.05) is 13.2 Å². The Bertz CT molecular complexity index is 723. The van der Waals surface area contributed by atoms with Gasteiger partial charge in [0.15, 0.2) is 23.0 Å². The smallest absolute Gasteiger partial charge is 0.335 e. The van der Waals surface area contributed by atoms with E-state index >= 15 is 0 Å². The fraction of sp³-hybridized carbons (Fsp3) is 0.263. The second kappa shape index (κ2) is 13.6. The lowest BCUT2D eigenvalue weighted by Gasteiger charge is -2.02. The quantitative estimate of drug-likeness (QED) is 0.408. The number of carbonyl (C=O) groups is 2. The topological polar surface area (TPSA) is 174 Å². The van der Waals surface area contributed by atoms with Gasteiger partial charge in [-0.15, -0.1) is 0 Å². The molecular weight excluding hydrogens is 388 g/mol. The molecule has 10 nitrogen and oxygen atoms in total. The molecule has 0 aliphatic heterocycles. The van der Waals surface area contributed by atoms with Crippen molar-refractivity contribution in [2.75, 3.05) is 27.4 Å². The number of phenolic OH excluding ortho intramolecular Hbond substituents is 2. The second-order valence-electron chi connectivity index (χ2n) is 5.18. The van der Waals surface area contributed by atoms with Crippen LogP contribution in [0.15, 0.2) is 36.4 Å². The normalized spacial score (nSPS) is 9.24. The summed E-state index contributed by atoms with van der Waals surface area (Å²) in [6.45, 7) is 0.188. The van der Waals surface area contributed by atoms with Crippen molar-refractivity contribution in [2.24, 2.45) is 0 Å². The first-order valence-corrected chi connectivity index (χ1v) is 8.14. The van der Waals surface area contributed by atoms with Crippen LogP contribution in [-0.4, -0.2) is 70.0 Å². The number of hydrogen-bond donors (Lipinski definition) is 6. The zero-order chi connectivity index (χ0) is 22.4. The van der Waals surface area contributed by atoms with E-state index in [1.54, 1.807) is 0 Å². The van der Waals surface area contributed by atoms with Gasteiger partial charge in [-0.05, 0) is 42.8 Å². The number of rotatable bonds is 6. The molecule has 0 heterocycles. The average molecular weight is 412 g/mol. The van der Waals surface area contributed by atoms with Crippen LogP contribution in [0.1, 0.15) is 27.1 Å². The van der Waals surface area contributed by atoms with E-state index in [0.29, 0.717) is 6.42 Å². The number of aromatic carboxylic acids is 2. The highest BCUT2D eigenvalue weighted by Crippen LogP contribution is 2.26. The summed E-state index contributed by atoms with van der Waals surface area (Å²) in [6.07, 6.45) is 0.500. The third-order valence-corrected chi connectivity index (χ3v) is 3.17. The highest BCUT2D eigenvalue weighted by Gasteiger charge is 2.07. The SMILES string of the molecule is COc1cc(C(=O)O)ccc1O.COc1cc(C(=O)O)ccc1O.OCCCO. The van der Waals surface area contributed by atoms with Gasteiger partial charge in [-0.25, -0.2) is 9.59 Å². The molecule has 0 bridgehead atoms. The summed E-state index contributed by atoms with van der Waals surface area (Å²) in [5.41, 5.74) is 0.175. The van der Waals surface area contributed by atoms with E-state index in [1.165, 1.54) is 50.6 Å². The molecular formula is C19H24O10. The molecule has 0 radical (unpaired) electrons. The van der Waals surface area contributed by atoms with E-state index in [2.05, 4.69) is 0 Å². The molecule has 6 N–H and O–H groups in total. The van der Waals surface area contributed by atoms with Gasteiger partial charge in [-0.2, -0.15) is 0 Å². The van der Waals surface area contributed by atoms with Gasteiger partial charge in [0.2, 0.25) is 0 Å². The van der Waals surface area contributed by atoms with Crippen LogP contribution in [0.25, 0.3) is 0 Å². The van der Waals surface area contributed by atoms with Gasteiger partial charge in [0.05, 0.1) is 25.3 Å². The molecule has 10 heteroatoms. The number of aliphatic hydroxyl groups excluding tert-OH is 2. The standard InChI is InChI=1S/2C8H8O4.C3H8O2/c2*1-12-7-4-5(8(10)11)2-3-6(7)9;4-2-1-3-5/h2*2-4,9H,1H3,(H,10,11);4-5H,1-3H2. The molecule has 0 saturated heterocycles. The van der Waals surface area contributed by atoms with Crippen LogP contribution < -0.4 is 9.47 Å². The molecule has 0 unspecified atom stereocenters. The third-order valence-electron chi connectivity index (χ3n) is 3.17. The fourth-order valence-electron chi connectivity index (χ4n) is 1.69. The second-order valence-corrected chi connectivity index (χ2v) is 5.18. The van der Waals surface area contributed by atoms with Gasteiger partial charge in [-0.1, -0.05) is 0 Å². The van der Waals surface area contributed by atoms with Gasteiger partial charge in [0.1, 0.15) is 0 Å². The molecule has 2 aromatic carbocycles. The van der Waals surface area contributed by atoms with Crippen molar-refractivity contribution in [1.82, 2.24) is 0 Å². The minimum absolute atomic E-state index is 0.0671. The molecule has 160 valence electrons. The van der Waals surface area contributed by atoms with E-state index in [1.807, 2.05) is 0 Å². The molecule has 0 aromatic heterocycles. The van der Waals surface area contributed by atoms with Crippen LogP contribution in [0.2, 0.25) is 0 Å². The van der Waals surface area contributed by atoms with Crippen molar-refractivity contribution in [2.45, 2.75) is 6.42 Å². The Labute approximate surface area is 166 Å². The predicted octanol–water partition coefficient (Wildman–Crippen LogP) is 1.56. The Morgan fingerprint density at radius 1 is 0.759 bits per heavy atom. The minimum Gasteiger partial charge on any atom is -0.504 e. The number of aliphatic hydroxyl groups is 2. The van der Waals surface area contributed by atoms with Gasteiger partial charge < -0.3 is 40.1 Å². The lowest BCUT2D eigenvalue weighted by Crippen LogP contribution is -1.96. The van der Waals surface area contributed by atoms with E-state index in [0.717, 1.165) is 0 Å². The molecule has 0 fully saturated rings. The molecule has 0 spiro atoms. The maximum atomic E-state index is 10.4. The number of aromatic hydroxyl groups is 2. The van der Waals surface area contributed by atoms with Crippen LogP contribution in [0.4, 0.5) is 0 Å². The Morgan fingerprint density at radius 2 is 1.10 bits per heavy atom. The minimum atomic E-state index is -1.05. The van der Waals surface area contributed by atoms with E-state index in [4.69, 9.17) is 40.1 Å². The Hall–Kier alpha value is -3.50. The van der Waals surface area contributed by atoms with E-state index < -0.39 is 11.9 Å². The first kappa shape index (κ1) is 25.5. The van der Waals surface area contributed by atoms with Crippen molar-refractivity contribution in [3.05, 3.63) is 47.5 Å². The molecule has 29 heavy (non-hydrogen) atoms. The van der Waals surface area contributed by atoms with Crippen LogP contribution in [0.5, 0.6) is 23.0 Å². The predicted molar refractivity (Wildman–Crippen MR) is 102 cm³/mol. The molecule has 0 amide bonds. The summed E-state index contributed by atoms with van der Waals surface area (Å²) in [5.74, 6) is -1.91. The maximum absolute atomic E-state index is 10.4. The summed E-state index contributed by atoms with van der Waals surface area (Å²) in [4.78, 5) is 20.9. The highest BCUT2D eigenvalue weighted by molar-refractivity contribution is 5.88. The number of ether oxygens (including phenoxy) is 2. The summed E-state index contributed by atoms with van der Waals surface area (Å²) in [7, 11) is 2.72. The number of benzene rings is 2. The van der Waals surface area contributed by atoms with Crippen molar-refractivity contribution in [1.29, 1.82) is 0 Å². The van der Waals surface area contributed by atoms with Crippen molar-refractivity contribution in [3.8, 4) is 23.0 Å². The molecule has 0 aliphatic rings. The van der Waals surface area contributed by atoms with Crippen molar-refractivity contribution >= 4 is 11.9 Å². The largest absolute Gasteiger partial charge is 0.504 e. The van der Waals surface area contributed by atoms with Crippen LogP contribution in [-0.2, 0) is 0 Å². The molecule has 0 atom stereocenters. The fourth-order valence-corrected chi connectivity index (χ4v) is 1.69. The average Bonchev–Trinajstić information content (AvgIpc) is 2.70. The monoisotopic (exact) mass is 412 g/mol. The number of carboxylic acids is 2. The number of hydrogen-bond acceptors (Lipinski definition) is 8. The number of carboxylic acid groups (broad SMARTS) is 2. The lowest BCUT2D eigenvalue weighted by molar-refractivity contribution is 0.0685. The molecule has 0 aliphatic carbocycles. The van der Waals surface area contributed by atoms with Gasteiger partial charge in [-0.3, -0.25) is 0 Å². The summed E-state index contributed by atoms with van der Waals surface area (Å²) >= 11 is 0. The Morgan fingerprint density at radius 3 is 1.31 bits per heavy atom. The van der Waals surface area contributed by atoms with Crippen molar-refractivity contribution in [3.63, 3.8) is 0 Å². The Kier molecular flexibility index (Phi) is 12.0. The van der Waals surface area contributed by atoms with Crippen LogP contribution in [0, 0.1) is 0 Å². The van der Waals surface area contributed by atoms with Crippen LogP contribution in [0.3, 0.4) is 0 Å². The van der Waals surface area contributed by atoms with Crippen molar-refractivity contribution < 1.29 is 49.7 Å². The van der Waals surface area contributed by atoms with Gasteiger partial charge >= 0.3 is 11.9 Å². The molecule has 0 saturated carbocycles. The van der Waals surface area contributed by atoms with Crippen LogP contribution >= 0.6 is 0 Å². The van der Waals surface area contributed by atoms with E-state index in [9.17, 15) is 9.59 Å². The third kappa shape index (κ3) is 9.31. The zero-order valence-electron chi connectivity index (χ0n) is 15.9. The zero-order valence-corrected chi connectivity index (χ0v) is 15.9. The van der Waals surface area contributed by atoms with Gasteiger partial charge in [0.25, 0.3) is 0 Å². The summed E-state index contributed by atoms with van der Waals surface area (Å²) in [5, 5.41) is 51.1. The molecule has 2 aromatic rings. The maximum Gasteiger partial charge on any atom is 0.335 e. The summed E-state index contributed by atoms with van der Waals surface area (Å²) in [6, 6.07) is 7.69. The Balaban J connectivity index is 0.000000442. The highest BCUT2D eigenvalue weighted by atomic mass is 16.5. The lowest BCUT2D eigenvalue weighted by atomic mass is 10.2. The number of phenols is 2. The number of methoxy groups -OCH3 is 2. The first-order chi connectivity index (χ1) is 13.7.